The molecule has 7 heteroatoms. The monoisotopic (exact) mass is 484 g/mol. The number of benzene rings is 3. The number of rotatable bonds is 8. The Balaban J connectivity index is 1.87. The van der Waals surface area contributed by atoms with E-state index in [1.807, 2.05) is 51.1 Å². The third-order valence-electron chi connectivity index (χ3n) is 6.38. The van der Waals surface area contributed by atoms with Gasteiger partial charge in [0.15, 0.2) is 5.43 Å². The molecule has 0 saturated heterocycles. The maximum Gasteiger partial charge on any atom is 0.337 e. The average Bonchev–Trinajstić information content (AvgIpc) is 2.86. The van der Waals surface area contributed by atoms with Gasteiger partial charge in [0.2, 0.25) is 6.41 Å². The molecule has 0 radical (unpaired) electrons. The molecule has 1 unspecified atom stereocenters. The lowest BCUT2D eigenvalue weighted by Gasteiger charge is -2.20. The molecule has 1 amide bonds. The minimum atomic E-state index is -1.02. The van der Waals surface area contributed by atoms with Crippen molar-refractivity contribution in [3.05, 3.63) is 98.2 Å². The highest BCUT2D eigenvalue weighted by Gasteiger charge is 2.20. The molecule has 1 heterocycles. The minimum absolute atomic E-state index is 0.123. The Morgan fingerprint density at radius 3 is 2.56 bits per heavy atom. The zero-order valence-electron chi connectivity index (χ0n) is 20.6. The quantitative estimate of drug-likeness (QED) is 0.285. The van der Waals surface area contributed by atoms with E-state index in [4.69, 9.17) is 4.42 Å². The van der Waals surface area contributed by atoms with Crippen molar-refractivity contribution in [1.29, 1.82) is 0 Å². The van der Waals surface area contributed by atoms with Gasteiger partial charge in [-0.05, 0) is 68.7 Å². The van der Waals surface area contributed by atoms with Gasteiger partial charge in [-0.25, -0.2) is 4.79 Å². The number of carbonyl (C=O) groups excluding carboxylic acids is 1. The molecule has 36 heavy (non-hydrogen) atoms. The van der Waals surface area contributed by atoms with Crippen LogP contribution in [0.15, 0.2) is 63.8 Å². The molecule has 0 aliphatic carbocycles. The second kappa shape index (κ2) is 10.1. The van der Waals surface area contributed by atoms with E-state index < -0.39 is 5.97 Å². The van der Waals surface area contributed by atoms with E-state index in [1.165, 1.54) is 0 Å². The van der Waals surface area contributed by atoms with Gasteiger partial charge in [-0.2, -0.15) is 0 Å². The summed E-state index contributed by atoms with van der Waals surface area (Å²) in [5.74, 6) is -0.564. The van der Waals surface area contributed by atoms with E-state index in [1.54, 1.807) is 31.2 Å². The Hall–Kier alpha value is -4.39. The number of para-hydroxylation sites is 1. The Kier molecular flexibility index (Phi) is 6.92. The van der Waals surface area contributed by atoms with Gasteiger partial charge in [0.05, 0.1) is 17.0 Å². The molecule has 0 spiro atoms. The number of carboxylic acids is 1. The first-order chi connectivity index (χ1) is 17.2. The molecular weight excluding hydrogens is 456 g/mol. The molecule has 0 aliphatic heterocycles. The van der Waals surface area contributed by atoms with Crippen molar-refractivity contribution in [2.24, 2.45) is 0 Å². The summed E-state index contributed by atoms with van der Waals surface area (Å²) >= 11 is 0. The fourth-order valence-corrected chi connectivity index (χ4v) is 4.43. The molecular formula is C29H28N2O5. The van der Waals surface area contributed by atoms with Crippen molar-refractivity contribution in [3.8, 4) is 11.3 Å². The van der Waals surface area contributed by atoms with Crippen LogP contribution in [0.2, 0.25) is 0 Å². The summed E-state index contributed by atoms with van der Waals surface area (Å²) in [6, 6.07) is 15.9. The molecule has 1 atom stereocenters. The zero-order chi connectivity index (χ0) is 26.0. The van der Waals surface area contributed by atoms with E-state index in [9.17, 15) is 19.5 Å². The highest BCUT2D eigenvalue weighted by Crippen LogP contribution is 2.33. The van der Waals surface area contributed by atoms with Crippen LogP contribution in [-0.2, 0) is 11.3 Å². The number of aromatic carboxylic acids is 1. The molecule has 7 nitrogen and oxygen atoms in total. The lowest BCUT2D eigenvalue weighted by atomic mass is 9.97. The fourth-order valence-electron chi connectivity index (χ4n) is 4.43. The Morgan fingerprint density at radius 2 is 1.83 bits per heavy atom. The Labute approximate surface area is 208 Å². The maximum absolute atomic E-state index is 13.5. The molecule has 4 rings (SSSR count). The minimum Gasteiger partial charge on any atom is -0.478 e. The normalized spacial score (nSPS) is 11.8. The van der Waals surface area contributed by atoms with Crippen LogP contribution < -0.4 is 16.1 Å². The number of hydrogen-bond acceptors (Lipinski definition) is 5. The second-order valence-electron chi connectivity index (χ2n) is 8.97. The molecule has 3 N–H and O–H groups in total. The van der Waals surface area contributed by atoms with Crippen molar-refractivity contribution >= 4 is 29.0 Å². The second-order valence-corrected chi connectivity index (χ2v) is 8.97. The highest BCUT2D eigenvalue weighted by atomic mass is 16.4. The summed E-state index contributed by atoms with van der Waals surface area (Å²) in [6.07, 6.45) is 0.652. The summed E-state index contributed by atoms with van der Waals surface area (Å²) in [4.78, 5) is 35.9. The van der Waals surface area contributed by atoms with Crippen LogP contribution in [0.1, 0.15) is 51.1 Å². The molecule has 3 aromatic carbocycles. The first-order valence-corrected chi connectivity index (χ1v) is 11.6. The van der Waals surface area contributed by atoms with Gasteiger partial charge in [-0.1, -0.05) is 30.3 Å². The predicted molar refractivity (Wildman–Crippen MR) is 140 cm³/mol. The number of nitrogens with one attached hydrogen (secondary N) is 2. The van der Waals surface area contributed by atoms with E-state index in [2.05, 4.69) is 10.6 Å². The summed E-state index contributed by atoms with van der Waals surface area (Å²) in [7, 11) is 0. The summed E-state index contributed by atoms with van der Waals surface area (Å²) < 4.78 is 6.44. The van der Waals surface area contributed by atoms with Crippen LogP contribution in [0.25, 0.3) is 22.3 Å². The number of fused-ring (bicyclic) bond motifs is 1. The summed E-state index contributed by atoms with van der Waals surface area (Å²) in [6.45, 7) is 7.89. The first-order valence-electron chi connectivity index (χ1n) is 11.6. The fraction of sp³-hybridized carbons (Fsp3) is 0.207. The largest absolute Gasteiger partial charge is 0.478 e. The molecule has 0 saturated carbocycles. The van der Waals surface area contributed by atoms with Crippen molar-refractivity contribution in [2.75, 3.05) is 5.32 Å². The van der Waals surface area contributed by atoms with Crippen LogP contribution in [0.5, 0.6) is 0 Å². The van der Waals surface area contributed by atoms with E-state index >= 15 is 0 Å². The smallest absolute Gasteiger partial charge is 0.337 e. The van der Waals surface area contributed by atoms with Gasteiger partial charge >= 0.3 is 5.97 Å². The summed E-state index contributed by atoms with van der Waals surface area (Å²) in [5, 5.41) is 16.0. The number of amides is 1. The molecule has 184 valence electrons. The predicted octanol–water partition coefficient (Wildman–Crippen LogP) is 5.50. The van der Waals surface area contributed by atoms with Crippen molar-refractivity contribution in [1.82, 2.24) is 5.32 Å². The first kappa shape index (κ1) is 24.7. The van der Waals surface area contributed by atoms with Gasteiger partial charge < -0.3 is 20.2 Å². The maximum atomic E-state index is 13.5. The Bertz CT molecular complexity index is 1540. The van der Waals surface area contributed by atoms with Crippen LogP contribution in [-0.4, -0.2) is 17.5 Å². The lowest BCUT2D eigenvalue weighted by Crippen LogP contribution is -2.14. The van der Waals surface area contributed by atoms with Gasteiger partial charge in [0, 0.05) is 28.9 Å². The lowest BCUT2D eigenvalue weighted by molar-refractivity contribution is -0.109. The Morgan fingerprint density at radius 1 is 1.08 bits per heavy atom. The highest BCUT2D eigenvalue weighted by molar-refractivity contribution is 5.94. The van der Waals surface area contributed by atoms with Crippen LogP contribution >= 0.6 is 0 Å². The van der Waals surface area contributed by atoms with Crippen molar-refractivity contribution in [3.63, 3.8) is 0 Å². The third-order valence-corrected chi connectivity index (χ3v) is 6.38. The van der Waals surface area contributed by atoms with E-state index in [0.29, 0.717) is 40.9 Å². The average molecular weight is 485 g/mol. The van der Waals surface area contributed by atoms with Crippen LogP contribution in [0.4, 0.5) is 5.69 Å². The van der Waals surface area contributed by atoms with Crippen LogP contribution in [0, 0.1) is 20.8 Å². The topological polar surface area (TPSA) is 109 Å². The van der Waals surface area contributed by atoms with Gasteiger partial charge in [0.25, 0.3) is 0 Å². The molecule has 1 aromatic heterocycles. The molecule has 0 bridgehead atoms. The van der Waals surface area contributed by atoms with Crippen molar-refractivity contribution in [2.45, 2.75) is 40.3 Å². The number of hydrogen-bond donors (Lipinski definition) is 3. The zero-order valence-corrected chi connectivity index (χ0v) is 20.6. The number of carbonyl (C=O) groups is 2. The standard InChI is InChI=1S/C29H28N2O5/c1-16-11-23(19(4)31-25-8-6-5-7-22(25)29(34)35)28-24(12-16)26(33)18(3)27(36-28)20-10-9-17(2)21(13-20)14-30-15-32/h5-13,15,19,31H,14H2,1-4H3,(H,30,32)(H,34,35). The number of carboxylic acid groups (broad SMARTS) is 1. The number of aryl methyl sites for hydroxylation is 2. The van der Waals surface area contributed by atoms with Gasteiger partial charge in [-0.3, -0.25) is 9.59 Å². The van der Waals surface area contributed by atoms with E-state index in [0.717, 1.165) is 27.8 Å². The van der Waals surface area contributed by atoms with E-state index in [-0.39, 0.29) is 17.0 Å². The molecule has 0 fully saturated rings. The molecule has 4 aromatic rings. The number of anilines is 1. The van der Waals surface area contributed by atoms with Crippen molar-refractivity contribution < 1.29 is 19.1 Å². The SMILES string of the molecule is Cc1cc(C(C)Nc2ccccc2C(=O)O)c2oc(-c3ccc(C)c(CNC=O)c3)c(C)c(=O)c2c1. The van der Waals surface area contributed by atoms with Gasteiger partial charge in [0.1, 0.15) is 11.3 Å². The third kappa shape index (κ3) is 4.73. The molecule has 0 aliphatic rings. The summed E-state index contributed by atoms with van der Waals surface area (Å²) in [5.41, 5.74) is 5.79. The van der Waals surface area contributed by atoms with Crippen LogP contribution in [0.3, 0.4) is 0 Å². The van der Waals surface area contributed by atoms with Gasteiger partial charge in [-0.15, -0.1) is 0 Å².